The van der Waals surface area contributed by atoms with E-state index in [0.29, 0.717) is 51.9 Å². The molecule has 3 fully saturated rings. The second-order valence-electron chi connectivity index (χ2n) is 16.9. The molecule has 2 saturated heterocycles. The summed E-state index contributed by atoms with van der Waals surface area (Å²) >= 11 is 0. The summed E-state index contributed by atoms with van der Waals surface area (Å²) in [6, 6.07) is 36.3. The molecule has 9 rings (SSSR count). The summed E-state index contributed by atoms with van der Waals surface area (Å²) in [6.45, 7) is -0.189. The molecule has 0 aromatic heterocycles. The van der Waals surface area contributed by atoms with Gasteiger partial charge in [-0.2, -0.15) is 20.5 Å². The lowest BCUT2D eigenvalue weighted by atomic mass is 9.57. The first-order chi connectivity index (χ1) is 31.0. The lowest BCUT2D eigenvalue weighted by Gasteiger charge is -2.44. The maximum Gasteiger partial charge on any atom is 0.238 e. The Balaban J connectivity index is 0.999. The van der Waals surface area contributed by atoms with Crippen molar-refractivity contribution in [2.24, 2.45) is 50.0 Å². The summed E-state index contributed by atoms with van der Waals surface area (Å²) in [7, 11) is 7.86. The van der Waals surface area contributed by atoms with Crippen molar-refractivity contribution in [3.63, 3.8) is 0 Å². The molecule has 5 aromatic carbocycles. The number of aliphatic hydroxyl groups excluding tert-OH is 1. The van der Waals surface area contributed by atoms with Crippen molar-refractivity contribution in [2.45, 2.75) is 18.8 Å². The Bertz CT molecular complexity index is 2680. The van der Waals surface area contributed by atoms with Gasteiger partial charge in [-0.25, -0.2) is 0 Å². The second-order valence-corrected chi connectivity index (χ2v) is 16.9. The fourth-order valence-corrected chi connectivity index (χ4v) is 9.67. The van der Waals surface area contributed by atoms with Crippen LogP contribution < -0.4 is 24.3 Å². The molecule has 2 aliphatic carbocycles. The number of fused-ring (bicyclic) bond motifs is 4. The zero-order valence-corrected chi connectivity index (χ0v) is 36.0. The zero-order chi connectivity index (χ0) is 44.6. The van der Waals surface area contributed by atoms with Crippen LogP contribution in [0.3, 0.4) is 0 Å². The van der Waals surface area contributed by atoms with Gasteiger partial charge in [-0.3, -0.25) is 29.0 Å². The first-order valence-electron chi connectivity index (χ1n) is 21.4. The van der Waals surface area contributed by atoms with E-state index in [1.165, 1.54) is 9.80 Å². The van der Waals surface area contributed by atoms with Crippen LogP contribution in [0.25, 0.3) is 0 Å². The number of allylic oxidation sites excluding steroid dienone is 2. The molecule has 6 atom stereocenters. The van der Waals surface area contributed by atoms with Crippen LogP contribution in [0.2, 0.25) is 0 Å². The van der Waals surface area contributed by atoms with Crippen molar-refractivity contribution in [1.29, 1.82) is 0 Å². The number of carbonyl (C=O) groups is 4. The molecule has 6 unspecified atom stereocenters. The number of aliphatic hydroxyl groups is 1. The molecule has 14 heteroatoms. The summed E-state index contributed by atoms with van der Waals surface area (Å²) in [4.78, 5) is 64.9. The van der Waals surface area contributed by atoms with Crippen LogP contribution in [-0.4, -0.2) is 70.1 Å². The van der Waals surface area contributed by atoms with Crippen molar-refractivity contribution in [3.05, 3.63) is 139 Å². The first kappa shape index (κ1) is 42.0. The number of amides is 4. The van der Waals surface area contributed by atoms with Gasteiger partial charge in [0.1, 0.15) is 12.4 Å². The number of ether oxygens (including phenoxy) is 1. The zero-order valence-electron chi connectivity index (χ0n) is 36.0. The fourth-order valence-electron chi connectivity index (χ4n) is 9.67. The van der Waals surface area contributed by atoms with Crippen molar-refractivity contribution in [3.8, 4) is 5.75 Å². The molecule has 2 aliphatic heterocycles. The maximum absolute atomic E-state index is 14.8. The van der Waals surface area contributed by atoms with Crippen LogP contribution in [0.4, 0.5) is 45.5 Å². The van der Waals surface area contributed by atoms with Crippen LogP contribution in [-0.2, 0) is 19.2 Å². The van der Waals surface area contributed by atoms with E-state index in [9.17, 15) is 24.3 Å². The summed E-state index contributed by atoms with van der Waals surface area (Å²) in [5.41, 5.74) is 6.92. The smallest absolute Gasteiger partial charge is 0.238 e. The van der Waals surface area contributed by atoms with Gasteiger partial charge in [0.2, 0.25) is 23.6 Å². The maximum atomic E-state index is 14.8. The Morgan fingerprint density at radius 1 is 0.562 bits per heavy atom. The third-order valence-electron chi connectivity index (χ3n) is 12.8. The topological polar surface area (TPSA) is 160 Å². The minimum atomic E-state index is -0.800. The highest BCUT2D eigenvalue weighted by Gasteiger charge is 2.62. The van der Waals surface area contributed by atoms with E-state index in [-0.39, 0.29) is 43.3 Å². The number of carbonyl (C=O) groups excluding carboxylic acids is 4. The summed E-state index contributed by atoms with van der Waals surface area (Å²) in [5, 5.41) is 27.1. The van der Waals surface area contributed by atoms with E-state index in [1.807, 2.05) is 111 Å². The number of imide groups is 2. The third-order valence-corrected chi connectivity index (χ3v) is 12.8. The van der Waals surface area contributed by atoms with Crippen LogP contribution in [0.5, 0.6) is 5.75 Å². The van der Waals surface area contributed by atoms with E-state index in [0.717, 1.165) is 16.9 Å². The number of anilines is 4. The number of rotatable bonds is 12. The largest absolute Gasteiger partial charge is 0.491 e. The molecule has 14 nitrogen and oxygen atoms in total. The highest BCUT2D eigenvalue weighted by atomic mass is 16.5. The molecule has 4 aliphatic rings. The van der Waals surface area contributed by atoms with Crippen molar-refractivity contribution in [1.82, 2.24) is 0 Å². The molecule has 0 bridgehead atoms. The highest BCUT2D eigenvalue weighted by molar-refractivity contribution is 6.24. The number of nitrogens with zero attached hydrogens (tertiary/aromatic N) is 8. The molecule has 1 saturated carbocycles. The van der Waals surface area contributed by atoms with Gasteiger partial charge in [0.25, 0.3) is 0 Å². The van der Waals surface area contributed by atoms with Crippen molar-refractivity contribution in [2.75, 3.05) is 61.0 Å². The van der Waals surface area contributed by atoms with Gasteiger partial charge < -0.3 is 19.6 Å². The van der Waals surface area contributed by atoms with Gasteiger partial charge in [-0.15, -0.1) is 0 Å². The lowest BCUT2D eigenvalue weighted by molar-refractivity contribution is -0.126. The Kier molecular flexibility index (Phi) is 11.5. The first-order valence-corrected chi connectivity index (χ1v) is 21.4. The Hall–Kier alpha value is -7.32. The summed E-state index contributed by atoms with van der Waals surface area (Å²) in [5.74, 6) is -4.98. The molecule has 4 amide bonds. The predicted molar refractivity (Wildman–Crippen MR) is 244 cm³/mol. The Labute approximate surface area is 371 Å². The number of hydrogen-bond donors (Lipinski definition) is 1. The molecule has 0 radical (unpaired) electrons. The average molecular weight is 857 g/mol. The van der Waals surface area contributed by atoms with Crippen LogP contribution in [0.15, 0.2) is 153 Å². The number of hydrogen-bond acceptors (Lipinski definition) is 12. The summed E-state index contributed by atoms with van der Waals surface area (Å²) in [6.07, 6.45) is 2.52. The van der Waals surface area contributed by atoms with Crippen molar-refractivity contribution >= 4 is 69.1 Å². The molecule has 5 aromatic rings. The van der Waals surface area contributed by atoms with E-state index in [1.54, 1.807) is 54.6 Å². The average Bonchev–Trinajstić information content (AvgIpc) is 3.72. The standard InChI is InChI=1S/C50H48N8O6/c1-55(2)34-17-9-30(10-18-34)51-53-32-13-21-36(22-14-32)57-47(60)40-26-25-38-41(45(40)49(57)62)29-42-46(44(38)39-7-5-6-8-43(39)64-28-27-59)50(63)58(48(42)61)37-23-15-33(16-24-37)54-52-31-11-19-35(20-12-31)56(3)4/h5-25,40-42,44-46,59H,26-29H2,1-4H3. The minimum Gasteiger partial charge on any atom is -0.491 e. The van der Waals surface area contributed by atoms with E-state index >= 15 is 0 Å². The Morgan fingerprint density at radius 3 is 1.50 bits per heavy atom. The molecule has 0 spiro atoms. The van der Waals surface area contributed by atoms with Gasteiger partial charge in [0.15, 0.2) is 0 Å². The second kappa shape index (κ2) is 17.4. The minimum absolute atomic E-state index is 0.0288. The third kappa shape index (κ3) is 7.74. The van der Waals surface area contributed by atoms with E-state index in [2.05, 4.69) is 20.5 Å². The van der Waals surface area contributed by atoms with Crippen LogP contribution in [0.1, 0.15) is 24.3 Å². The van der Waals surface area contributed by atoms with Gasteiger partial charge in [0.05, 0.1) is 64.4 Å². The highest BCUT2D eigenvalue weighted by Crippen LogP contribution is 2.59. The quantitative estimate of drug-likeness (QED) is 0.0739. The van der Waals surface area contributed by atoms with Gasteiger partial charge in [-0.05, 0) is 122 Å². The number of para-hydroxylation sites is 1. The SMILES string of the molecule is CN(C)c1ccc(N=Nc2ccc(N3C(=O)C4CC=C5C(CC6C(=O)N(c7ccc(N=Nc8ccc(N(C)C)cc8)cc7)C(=O)C6C5c5ccccc5OCCO)C4C3=O)cc2)cc1. The van der Waals surface area contributed by atoms with Gasteiger partial charge in [0, 0.05) is 51.0 Å². The molecule has 2 heterocycles. The monoisotopic (exact) mass is 856 g/mol. The predicted octanol–water partition coefficient (Wildman–Crippen LogP) is 9.07. The summed E-state index contributed by atoms with van der Waals surface area (Å²) < 4.78 is 6.04. The van der Waals surface area contributed by atoms with E-state index < -0.39 is 35.5 Å². The van der Waals surface area contributed by atoms with Crippen molar-refractivity contribution < 1.29 is 29.0 Å². The van der Waals surface area contributed by atoms with E-state index in [4.69, 9.17) is 4.74 Å². The molecular formula is C50H48N8O6. The van der Waals surface area contributed by atoms with Crippen LogP contribution in [0, 0.1) is 29.6 Å². The van der Waals surface area contributed by atoms with Gasteiger partial charge in [-0.1, -0.05) is 29.8 Å². The number of azo groups is 2. The van der Waals surface area contributed by atoms with Gasteiger partial charge >= 0.3 is 0 Å². The fraction of sp³-hybridized carbons (Fsp3) is 0.280. The molecule has 1 N–H and O–H groups in total. The van der Waals surface area contributed by atoms with Crippen LogP contribution >= 0.6 is 0 Å². The number of benzene rings is 5. The normalized spacial score (nSPS) is 22.8. The Morgan fingerprint density at radius 2 is 1.02 bits per heavy atom. The molecule has 324 valence electrons. The molecule has 64 heavy (non-hydrogen) atoms. The lowest BCUT2D eigenvalue weighted by Crippen LogP contribution is -2.43. The molecular weight excluding hydrogens is 809 g/mol.